The van der Waals surface area contributed by atoms with Crippen LogP contribution in [0.4, 0.5) is 0 Å². The summed E-state index contributed by atoms with van der Waals surface area (Å²) >= 11 is 0. The molecule has 0 bridgehead atoms. The predicted molar refractivity (Wildman–Crippen MR) is 38.1 cm³/mol. The fourth-order valence-corrected chi connectivity index (χ4v) is 0.468. The van der Waals surface area contributed by atoms with Crippen molar-refractivity contribution in [2.75, 3.05) is 6.54 Å². The standard InChI is InChI=1S/C7H13NO/c1-3-5-7(9)8-6-4-2/h3H,1,4-6H2,2H3,(H,8,9). The highest BCUT2D eigenvalue weighted by molar-refractivity contribution is 5.77. The second-order valence-electron chi connectivity index (χ2n) is 1.84. The number of rotatable bonds is 4. The Morgan fingerprint density at radius 2 is 2.44 bits per heavy atom. The summed E-state index contributed by atoms with van der Waals surface area (Å²) in [5.41, 5.74) is 0. The first kappa shape index (κ1) is 8.21. The van der Waals surface area contributed by atoms with Crippen LogP contribution in [0, 0.1) is 0 Å². The Kier molecular flexibility index (Phi) is 4.88. The number of amides is 1. The lowest BCUT2D eigenvalue weighted by molar-refractivity contribution is -0.120. The molecule has 1 N–H and O–H groups in total. The van der Waals surface area contributed by atoms with Crippen molar-refractivity contribution >= 4 is 5.91 Å². The van der Waals surface area contributed by atoms with Crippen molar-refractivity contribution in [3.63, 3.8) is 0 Å². The summed E-state index contributed by atoms with van der Waals surface area (Å²) in [6.07, 6.45) is 3.02. The van der Waals surface area contributed by atoms with E-state index in [0.29, 0.717) is 6.42 Å². The zero-order chi connectivity index (χ0) is 7.11. The number of carbonyl (C=O) groups is 1. The molecular formula is C7H13NO. The smallest absolute Gasteiger partial charge is 0.223 e. The van der Waals surface area contributed by atoms with Gasteiger partial charge in [0.15, 0.2) is 0 Å². The van der Waals surface area contributed by atoms with E-state index in [-0.39, 0.29) is 5.91 Å². The van der Waals surface area contributed by atoms with E-state index in [9.17, 15) is 4.79 Å². The third-order valence-electron chi connectivity index (χ3n) is 0.902. The van der Waals surface area contributed by atoms with E-state index in [1.165, 1.54) is 0 Å². The Morgan fingerprint density at radius 1 is 1.78 bits per heavy atom. The molecule has 0 aromatic rings. The monoisotopic (exact) mass is 127 g/mol. The lowest BCUT2D eigenvalue weighted by Gasteiger charge is -1.97. The van der Waals surface area contributed by atoms with Crippen LogP contribution >= 0.6 is 0 Å². The van der Waals surface area contributed by atoms with Crippen LogP contribution in [-0.2, 0) is 4.79 Å². The van der Waals surface area contributed by atoms with Gasteiger partial charge in [-0.15, -0.1) is 6.58 Å². The molecule has 0 unspecified atom stereocenters. The fraction of sp³-hybridized carbons (Fsp3) is 0.571. The second kappa shape index (κ2) is 5.35. The SMILES string of the molecule is C=CCC(=O)NCCC. The summed E-state index contributed by atoms with van der Waals surface area (Å²) in [5, 5.41) is 2.72. The molecule has 0 radical (unpaired) electrons. The second-order valence-corrected chi connectivity index (χ2v) is 1.84. The molecule has 0 aliphatic rings. The fourth-order valence-electron chi connectivity index (χ4n) is 0.468. The van der Waals surface area contributed by atoms with Crippen LogP contribution in [0.2, 0.25) is 0 Å². The van der Waals surface area contributed by atoms with Gasteiger partial charge in [0.1, 0.15) is 0 Å². The highest BCUT2D eigenvalue weighted by atomic mass is 16.1. The summed E-state index contributed by atoms with van der Waals surface area (Å²) in [5.74, 6) is 0.0619. The molecule has 0 rings (SSSR count). The molecule has 0 aliphatic heterocycles. The molecule has 0 saturated heterocycles. The zero-order valence-electron chi connectivity index (χ0n) is 5.81. The Hall–Kier alpha value is -0.790. The zero-order valence-corrected chi connectivity index (χ0v) is 5.81. The normalized spacial score (nSPS) is 8.56. The first-order valence-corrected chi connectivity index (χ1v) is 3.18. The Morgan fingerprint density at radius 3 is 2.89 bits per heavy atom. The van der Waals surface area contributed by atoms with Gasteiger partial charge in [-0.2, -0.15) is 0 Å². The maximum Gasteiger partial charge on any atom is 0.223 e. The van der Waals surface area contributed by atoms with Crippen LogP contribution < -0.4 is 5.32 Å². The Balaban J connectivity index is 3.16. The van der Waals surface area contributed by atoms with Gasteiger partial charge in [-0.1, -0.05) is 13.0 Å². The first-order valence-electron chi connectivity index (χ1n) is 3.18. The van der Waals surface area contributed by atoms with E-state index in [1.807, 2.05) is 6.92 Å². The summed E-state index contributed by atoms with van der Waals surface area (Å²) in [6, 6.07) is 0. The average molecular weight is 127 g/mol. The van der Waals surface area contributed by atoms with E-state index in [0.717, 1.165) is 13.0 Å². The van der Waals surface area contributed by atoms with Gasteiger partial charge in [0, 0.05) is 13.0 Å². The van der Waals surface area contributed by atoms with E-state index >= 15 is 0 Å². The Labute approximate surface area is 56.0 Å². The van der Waals surface area contributed by atoms with Crippen molar-refractivity contribution in [1.82, 2.24) is 5.32 Å². The van der Waals surface area contributed by atoms with E-state index in [1.54, 1.807) is 6.08 Å². The molecule has 2 heteroatoms. The van der Waals surface area contributed by atoms with E-state index in [4.69, 9.17) is 0 Å². The van der Waals surface area contributed by atoms with Crippen molar-refractivity contribution < 1.29 is 4.79 Å². The van der Waals surface area contributed by atoms with Crippen LogP contribution in [-0.4, -0.2) is 12.5 Å². The van der Waals surface area contributed by atoms with Crippen LogP contribution in [0.15, 0.2) is 12.7 Å². The van der Waals surface area contributed by atoms with E-state index in [2.05, 4.69) is 11.9 Å². The van der Waals surface area contributed by atoms with Gasteiger partial charge >= 0.3 is 0 Å². The maximum absolute atomic E-state index is 10.6. The third-order valence-corrected chi connectivity index (χ3v) is 0.902. The van der Waals surface area contributed by atoms with Crippen molar-refractivity contribution in [1.29, 1.82) is 0 Å². The van der Waals surface area contributed by atoms with Gasteiger partial charge in [0.2, 0.25) is 5.91 Å². The molecular weight excluding hydrogens is 114 g/mol. The molecule has 0 aliphatic carbocycles. The van der Waals surface area contributed by atoms with Gasteiger partial charge in [0.25, 0.3) is 0 Å². The highest BCUT2D eigenvalue weighted by Crippen LogP contribution is 1.79. The lowest BCUT2D eigenvalue weighted by Crippen LogP contribution is -2.22. The minimum absolute atomic E-state index is 0.0619. The molecule has 0 atom stereocenters. The minimum Gasteiger partial charge on any atom is -0.356 e. The summed E-state index contributed by atoms with van der Waals surface area (Å²) < 4.78 is 0. The van der Waals surface area contributed by atoms with Gasteiger partial charge in [-0.05, 0) is 6.42 Å². The molecule has 9 heavy (non-hydrogen) atoms. The number of nitrogens with one attached hydrogen (secondary N) is 1. The maximum atomic E-state index is 10.6. The predicted octanol–water partition coefficient (Wildman–Crippen LogP) is 1.09. The largest absolute Gasteiger partial charge is 0.356 e. The number of carbonyl (C=O) groups excluding carboxylic acids is 1. The summed E-state index contributed by atoms with van der Waals surface area (Å²) in [4.78, 5) is 10.6. The molecule has 0 spiro atoms. The highest BCUT2D eigenvalue weighted by Gasteiger charge is 1.92. The topological polar surface area (TPSA) is 29.1 Å². The van der Waals surface area contributed by atoms with Gasteiger partial charge < -0.3 is 5.32 Å². The molecule has 52 valence electrons. The number of hydrogen-bond donors (Lipinski definition) is 1. The van der Waals surface area contributed by atoms with Crippen molar-refractivity contribution in [2.24, 2.45) is 0 Å². The van der Waals surface area contributed by atoms with Gasteiger partial charge in [-0.3, -0.25) is 4.79 Å². The van der Waals surface area contributed by atoms with Crippen LogP contribution in [0.3, 0.4) is 0 Å². The van der Waals surface area contributed by atoms with Gasteiger partial charge in [-0.25, -0.2) is 0 Å². The quantitative estimate of drug-likeness (QED) is 0.563. The van der Waals surface area contributed by atoms with Crippen LogP contribution in [0.5, 0.6) is 0 Å². The van der Waals surface area contributed by atoms with Gasteiger partial charge in [0.05, 0.1) is 0 Å². The molecule has 0 aromatic carbocycles. The van der Waals surface area contributed by atoms with Crippen LogP contribution in [0.25, 0.3) is 0 Å². The molecule has 0 saturated carbocycles. The summed E-state index contributed by atoms with van der Waals surface area (Å²) in [6.45, 7) is 6.24. The first-order chi connectivity index (χ1) is 4.31. The van der Waals surface area contributed by atoms with Crippen molar-refractivity contribution in [3.8, 4) is 0 Å². The molecule has 1 amide bonds. The molecule has 0 heterocycles. The third kappa shape index (κ3) is 5.07. The molecule has 2 nitrogen and oxygen atoms in total. The molecule has 0 fully saturated rings. The minimum atomic E-state index is 0.0619. The van der Waals surface area contributed by atoms with Crippen LogP contribution in [0.1, 0.15) is 19.8 Å². The van der Waals surface area contributed by atoms with Crippen molar-refractivity contribution in [2.45, 2.75) is 19.8 Å². The van der Waals surface area contributed by atoms with Crippen molar-refractivity contribution in [3.05, 3.63) is 12.7 Å². The average Bonchev–Trinajstić information content (AvgIpc) is 1.85. The lowest BCUT2D eigenvalue weighted by atomic mass is 10.4. The summed E-state index contributed by atoms with van der Waals surface area (Å²) in [7, 11) is 0. The number of hydrogen-bond acceptors (Lipinski definition) is 1. The Bertz CT molecular complexity index is 99.1. The molecule has 0 aromatic heterocycles. The van der Waals surface area contributed by atoms with E-state index < -0.39 is 0 Å².